The Hall–Kier alpha value is -1.11. The van der Waals surface area contributed by atoms with Crippen molar-refractivity contribution in [3.05, 3.63) is 29.3 Å². The van der Waals surface area contributed by atoms with Crippen LogP contribution in [0.5, 0.6) is 0 Å². The molecule has 2 rings (SSSR count). The Balaban J connectivity index is 1.98. The number of aryl methyl sites for hydroxylation is 1. The molecule has 1 heterocycles. The number of hydrogen-bond acceptors (Lipinski definition) is 3. The predicted molar refractivity (Wildman–Crippen MR) is 86.8 cm³/mol. The first-order valence-electron chi connectivity index (χ1n) is 7.67. The Morgan fingerprint density at radius 3 is 2.76 bits per heavy atom. The minimum atomic E-state index is -3.35. The Bertz CT molecular complexity index is 568. The number of nitrogens with zero attached hydrogens (tertiary/aromatic N) is 1. The highest BCUT2D eigenvalue weighted by Gasteiger charge is 2.18. The Morgan fingerprint density at radius 2 is 2.05 bits per heavy atom. The second-order valence-electron chi connectivity index (χ2n) is 5.22. The highest BCUT2D eigenvalue weighted by Crippen LogP contribution is 2.26. The average molecular weight is 311 g/mol. The van der Waals surface area contributed by atoms with E-state index in [4.69, 9.17) is 0 Å². The summed E-state index contributed by atoms with van der Waals surface area (Å²) in [7, 11) is -3.35. The van der Waals surface area contributed by atoms with Gasteiger partial charge in [0.1, 0.15) is 0 Å². The van der Waals surface area contributed by atoms with Crippen molar-refractivity contribution in [1.29, 1.82) is 0 Å². The zero-order chi connectivity index (χ0) is 15.3. The molecular weight excluding hydrogens is 286 g/mol. The minimum absolute atomic E-state index is 0.428. The number of rotatable bonds is 7. The number of para-hydroxylation sites is 1. The Labute approximate surface area is 127 Å². The van der Waals surface area contributed by atoms with Crippen LogP contribution < -0.4 is 10.0 Å². The van der Waals surface area contributed by atoms with E-state index in [-0.39, 0.29) is 0 Å². The van der Waals surface area contributed by atoms with Crippen LogP contribution in [0, 0.1) is 0 Å². The molecule has 1 aliphatic heterocycles. The molecule has 0 saturated carbocycles. The van der Waals surface area contributed by atoms with Crippen molar-refractivity contribution >= 4 is 15.9 Å². The summed E-state index contributed by atoms with van der Waals surface area (Å²) in [4.78, 5) is 0. The lowest BCUT2D eigenvalue weighted by Crippen LogP contribution is -2.41. The van der Waals surface area contributed by atoms with Crippen molar-refractivity contribution in [2.75, 3.05) is 31.5 Å². The largest absolute Gasteiger partial charge is 0.385 e. The van der Waals surface area contributed by atoms with Crippen LogP contribution in [0.1, 0.15) is 31.4 Å². The van der Waals surface area contributed by atoms with Crippen LogP contribution in [0.15, 0.2) is 18.2 Å². The second-order valence-corrected chi connectivity index (χ2v) is 6.97. The fourth-order valence-corrected chi connectivity index (χ4v) is 3.98. The molecule has 0 spiro atoms. The number of benzene rings is 1. The molecule has 0 atom stereocenters. The zero-order valence-electron chi connectivity index (χ0n) is 12.9. The highest BCUT2D eigenvalue weighted by atomic mass is 32.2. The minimum Gasteiger partial charge on any atom is -0.385 e. The molecule has 0 amide bonds. The fourth-order valence-electron chi connectivity index (χ4n) is 2.76. The maximum Gasteiger partial charge on any atom is 0.279 e. The standard InChI is InChI=1S/C15H25N3O2S/c1-3-18(4-2)21(19,20)17-12-10-14-8-5-7-13-9-6-11-16-15(13)14/h5,7-8,16-17H,3-4,6,9-12H2,1-2H3. The first-order chi connectivity index (χ1) is 10.1. The van der Waals surface area contributed by atoms with E-state index in [9.17, 15) is 8.42 Å². The predicted octanol–water partition coefficient (Wildman–Crippen LogP) is 1.76. The van der Waals surface area contributed by atoms with Gasteiger partial charge in [0.15, 0.2) is 0 Å². The van der Waals surface area contributed by atoms with Gasteiger partial charge in [0.25, 0.3) is 10.2 Å². The van der Waals surface area contributed by atoms with E-state index >= 15 is 0 Å². The van der Waals surface area contributed by atoms with Gasteiger partial charge in [-0.25, -0.2) is 4.72 Å². The van der Waals surface area contributed by atoms with Gasteiger partial charge in [-0.2, -0.15) is 12.7 Å². The molecular formula is C15H25N3O2S. The van der Waals surface area contributed by atoms with E-state index in [1.54, 1.807) is 0 Å². The molecule has 118 valence electrons. The zero-order valence-corrected chi connectivity index (χ0v) is 13.7. The fraction of sp³-hybridized carbons (Fsp3) is 0.600. The summed E-state index contributed by atoms with van der Waals surface area (Å²) < 4.78 is 28.3. The monoisotopic (exact) mass is 311 g/mol. The molecule has 2 N–H and O–H groups in total. The molecule has 0 fully saturated rings. The molecule has 6 heteroatoms. The van der Waals surface area contributed by atoms with Crippen LogP contribution in [0.25, 0.3) is 0 Å². The van der Waals surface area contributed by atoms with Gasteiger partial charge >= 0.3 is 0 Å². The third-order valence-electron chi connectivity index (χ3n) is 3.89. The summed E-state index contributed by atoms with van der Waals surface area (Å²) in [5.74, 6) is 0. The summed E-state index contributed by atoms with van der Waals surface area (Å²) in [5.41, 5.74) is 3.73. The van der Waals surface area contributed by atoms with E-state index in [1.807, 2.05) is 13.8 Å². The van der Waals surface area contributed by atoms with E-state index in [0.717, 1.165) is 19.4 Å². The molecule has 5 nitrogen and oxygen atoms in total. The second kappa shape index (κ2) is 7.24. The van der Waals surface area contributed by atoms with Crippen LogP contribution in [0.2, 0.25) is 0 Å². The quantitative estimate of drug-likeness (QED) is 0.806. The van der Waals surface area contributed by atoms with Gasteiger partial charge in [0.05, 0.1) is 0 Å². The lowest BCUT2D eigenvalue weighted by Gasteiger charge is -2.22. The van der Waals surface area contributed by atoms with Gasteiger partial charge in [-0.3, -0.25) is 0 Å². The molecule has 0 saturated heterocycles. The maximum atomic E-state index is 12.1. The van der Waals surface area contributed by atoms with E-state index < -0.39 is 10.2 Å². The van der Waals surface area contributed by atoms with Gasteiger partial charge in [-0.05, 0) is 30.4 Å². The van der Waals surface area contributed by atoms with Gasteiger partial charge in [-0.1, -0.05) is 32.0 Å². The lowest BCUT2D eigenvalue weighted by atomic mass is 9.98. The molecule has 1 aliphatic rings. The van der Waals surface area contributed by atoms with Crippen LogP contribution in [-0.4, -0.2) is 38.9 Å². The van der Waals surface area contributed by atoms with E-state index in [1.165, 1.54) is 21.1 Å². The van der Waals surface area contributed by atoms with Gasteiger partial charge in [0.2, 0.25) is 0 Å². The highest BCUT2D eigenvalue weighted by molar-refractivity contribution is 7.87. The van der Waals surface area contributed by atoms with Crippen LogP contribution in [0.4, 0.5) is 5.69 Å². The van der Waals surface area contributed by atoms with E-state index in [0.29, 0.717) is 26.1 Å². The molecule has 21 heavy (non-hydrogen) atoms. The maximum absolute atomic E-state index is 12.1. The van der Waals surface area contributed by atoms with Crippen LogP contribution in [-0.2, 0) is 23.1 Å². The summed E-state index contributed by atoms with van der Waals surface area (Å²) in [6.07, 6.45) is 2.96. The van der Waals surface area contributed by atoms with Gasteiger partial charge < -0.3 is 5.32 Å². The average Bonchev–Trinajstić information content (AvgIpc) is 2.48. The van der Waals surface area contributed by atoms with Crippen molar-refractivity contribution in [2.24, 2.45) is 0 Å². The number of fused-ring (bicyclic) bond motifs is 1. The molecule has 0 unspecified atom stereocenters. The topological polar surface area (TPSA) is 61.4 Å². The molecule has 0 radical (unpaired) electrons. The third kappa shape index (κ3) is 3.96. The summed E-state index contributed by atoms with van der Waals surface area (Å²) in [6.45, 7) is 6.11. The molecule has 0 bridgehead atoms. The smallest absolute Gasteiger partial charge is 0.279 e. The van der Waals surface area contributed by atoms with Gasteiger partial charge in [-0.15, -0.1) is 0 Å². The lowest BCUT2D eigenvalue weighted by molar-refractivity contribution is 0.435. The molecule has 1 aromatic carbocycles. The van der Waals surface area contributed by atoms with Crippen LogP contribution in [0.3, 0.4) is 0 Å². The van der Waals surface area contributed by atoms with Gasteiger partial charge in [0, 0.05) is 31.9 Å². The van der Waals surface area contributed by atoms with Crippen molar-refractivity contribution in [3.63, 3.8) is 0 Å². The first kappa shape index (κ1) is 16.3. The summed E-state index contributed by atoms with van der Waals surface area (Å²) in [6, 6.07) is 6.27. The Morgan fingerprint density at radius 1 is 1.29 bits per heavy atom. The summed E-state index contributed by atoms with van der Waals surface area (Å²) in [5, 5.41) is 3.44. The van der Waals surface area contributed by atoms with Crippen molar-refractivity contribution in [1.82, 2.24) is 9.03 Å². The summed E-state index contributed by atoms with van der Waals surface area (Å²) >= 11 is 0. The van der Waals surface area contributed by atoms with Crippen molar-refractivity contribution in [2.45, 2.75) is 33.1 Å². The third-order valence-corrected chi connectivity index (χ3v) is 5.65. The number of hydrogen-bond donors (Lipinski definition) is 2. The number of anilines is 1. The van der Waals surface area contributed by atoms with Crippen LogP contribution >= 0.6 is 0 Å². The molecule has 1 aromatic rings. The van der Waals surface area contributed by atoms with Crippen molar-refractivity contribution < 1.29 is 8.42 Å². The van der Waals surface area contributed by atoms with Crippen molar-refractivity contribution in [3.8, 4) is 0 Å². The Kier molecular flexibility index (Phi) is 5.61. The SMILES string of the molecule is CCN(CC)S(=O)(=O)NCCc1cccc2c1NCCC2. The molecule has 0 aromatic heterocycles. The molecule has 0 aliphatic carbocycles. The van der Waals surface area contributed by atoms with E-state index in [2.05, 4.69) is 28.2 Å². The normalized spacial score (nSPS) is 14.8. The first-order valence-corrected chi connectivity index (χ1v) is 9.11. The number of nitrogens with one attached hydrogen (secondary N) is 2.